The Kier molecular flexibility index (Phi) is 4.92. The zero-order valence-corrected chi connectivity index (χ0v) is 10.3. The van der Waals surface area contributed by atoms with Crippen LogP contribution in [0.4, 0.5) is 17.1 Å². The number of amides is 1. The average molecular weight is 267 g/mol. The number of rotatable bonds is 6. The largest absolute Gasteiger partial charge is 0.320 e. The van der Waals surface area contributed by atoms with Crippen molar-refractivity contribution in [3.8, 4) is 0 Å². The van der Waals surface area contributed by atoms with E-state index in [1.807, 2.05) is 6.92 Å². The Labute approximate surface area is 108 Å². The molecule has 102 valence electrons. The molecule has 0 saturated heterocycles. The van der Waals surface area contributed by atoms with Gasteiger partial charge in [0.25, 0.3) is 11.4 Å². The minimum Gasteiger partial charge on any atom is -0.320 e. The molecule has 1 aromatic carbocycles. The molecule has 0 heterocycles. The number of nitrogens with zero attached hydrogens (tertiary/aromatic N) is 2. The summed E-state index contributed by atoms with van der Waals surface area (Å²) in [5, 5.41) is 23.8. The summed E-state index contributed by atoms with van der Waals surface area (Å²) in [6.45, 7) is 1.92. The zero-order valence-electron chi connectivity index (χ0n) is 10.3. The number of hydrogen-bond donors (Lipinski definition) is 1. The fraction of sp³-hybridized carbons (Fsp3) is 0.364. The summed E-state index contributed by atoms with van der Waals surface area (Å²) in [6.07, 6.45) is 1.76. The van der Waals surface area contributed by atoms with Gasteiger partial charge < -0.3 is 5.32 Å². The summed E-state index contributed by atoms with van der Waals surface area (Å²) in [4.78, 5) is 31.4. The van der Waals surface area contributed by atoms with E-state index in [1.165, 1.54) is 6.07 Å². The minimum absolute atomic E-state index is 0.0308. The first-order valence-corrected chi connectivity index (χ1v) is 5.68. The number of benzene rings is 1. The van der Waals surface area contributed by atoms with Crippen LogP contribution < -0.4 is 5.32 Å². The van der Waals surface area contributed by atoms with Crippen LogP contribution in [-0.2, 0) is 4.79 Å². The van der Waals surface area contributed by atoms with Crippen molar-refractivity contribution in [2.24, 2.45) is 0 Å². The monoisotopic (exact) mass is 267 g/mol. The molecule has 0 atom stereocenters. The quantitative estimate of drug-likeness (QED) is 0.628. The Morgan fingerprint density at radius 2 is 1.95 bits per heavy atom. The molecule has 0 spiro atoms. The third-order valence-electron chi connectivity index (χ3n) is 2.42. The van der Waals surface area contributed by atoms with Crippen LogP contribution in [0.1, 0.15) is 26.2 Å². The van der Waals surface area contributed by atoms with Crippen molar-refractivity contribution in [1.82, 2.24) is 0 Å². The highest BCUT2D eigenvalue weighted by Gasteiger charge is 2.20. The van der Waals surface area contributed by atoms with E-state index < -0.39 is 21.2 Å². The van der Waals surface area contributed by atoms with Gasteiger partial charge in [-0.05, 0) is 12.5 Å². The molecule has 19 heavy (non-hydrogen) atoms. The van der Waals surface area contributed by atoms with Gasteiger partial charge in [0, 0.05) is 12.5 Å². The normalized spacial score (nSPS) is 9.95. The maximum absolute atomic E-state index is 11.5. The predicted molar refractivity (Wildman–Crippen MR) is 67.9 cm³/mol. The summed E-state index contributed by atoms with van der Waals surface area (Å²) < 4.78 is 0. The van der Waals surface area contributed by atoms with Crippen molar-refractivity contribution < 1.29 is 14.6 Å². The second-order valence-corrected chi connectivity index (χ2v) is 3.87. The molecule has 0 radical (unpaired) electrons. The molecule has 0 saturated carbocycles. The van der Waals surface area contributed by atoms with Gasteiger partial charge in [-0.15, -0.1) is 0 Å². The summed E-state index contributed by atoms with van der Waals surface area (Å²) in [5.74, 6) is -0.348. The number of non-ortho nitro benzene ring substituents is 1. The number of nitro benzene ring substituents is 2. The Hall–Kier alpha value is -2.51. The average Bonchev–Trinajstić information content (AvgIpc) is 2.36. The van der Waals surface area contributed by atoms with Crippen LogP contribution in [0.3, 0.4) is 0 Å². The Balaban J connectivity index is 2.97. The highest BCUT2D eigenvalue weighted by Crippen LogP contribution is 2.29. The maximum Gasteiger partial charge on any atom is 0.299 e. The fourth-order valence-electron chi connectivity index (χ4n) is 1.44. The molecule has 0 fully saturated rings. The Morgan fingerprint density at radius 3 is 2.47 bits per heavy atom. The maximum atomic E-state index is 11.5. The molecule has 1 amide bonds. The van der Waals surface area contributed by atoms with Gasteiger partial charge in [0.15, 0.2) is 0 Å². The lowest BCUT2D eigenvalue weighted by Crippen LogP contribution is -2.12. The number of carbonyl (C=O) groups excluding carboxylic acids is 1. The van der Waals surface area contributed by atoms with Crippen molar-refractivity contribution in [2.45, 2.75) is 26.2 Å². The highest BCUT2D eigenvalue weighted by molar-refractivity contribution is 5.93. The molecule has 1 rings (SSSR count). The summed E-state index contributed by atoms with van der Waals surface area (Å²) in [6, 6.07) is 3.11. The van der Waals surface area contributed by atoms with E-state index in [4.69, 9.17) is 0 Å². The van der Waals surface area contributed by atoms with Crippen molar-refractivity contribution in [3.63, 3.8) is 0 Å². The second kappa shape index (κ2) is 6.43. The molecule has 1 aromatic rings. The molecule has 0 aliphatic carbocycles. The third-order valence-corrected chi connectivity index (χ3v) is 2.42. The molecule has 0 aliphatic rings. The van der Waals surface area contributed by atoms with Crippen LogP contribution in [0.2, 0.25) is 0 Å². The molecule has 8 nitrogen and oxygen atoms in total. The number of anilines is 1. The van der Waals surface area contributed by atoms with Gasteiger partial charge in [0.05, 0.1) is 15.9 Å². The van der Waals surface area contributed by atoms with Gasteiger partial charge in [-0.1, -0.05) is 13.3 Å². The van der Waals surface area contributed by atoms with E-state index in [1.54, 1.807) is 0 Å². The Morgan fingerprint density at radius 1 is 1.26 bits per heavy atom. The first-order valence-electron chi connectivity index (χ1n) is 5.68. The fourth-order valence-corrected chi connectivity index (χ4v) is 1.44. The lowest BCUT2D eigenvalue weighted by Gasteiger charge is -2.05. The van der Waals surface area contributed by atoms with E-state index in [9.17, 15) is 25.0 Å². The Bertz CT molecular complexity index is 515. The van der Waals surface area contributed by atoms with Gasteiger partial charge in [-0.2, -0.15) is 0 Å². The van der Waals surface area contributed by atoms with Gasteiger partial charge in [0.1, 0.15) is 5.69 Å². The van der Waals surface area contributed by atoms with E-state index in [0.29, 0.717) is 6.42 Å². The smallest absolute Gasteiger partial charge is 0.299 e. The van der Waals surface area contributed by atoms with Crippen molar-refractivity contribution in [3.05, 3.63) is 38.4 Å². The number of hydrogen-bond acceptors (Lipinski definition) is 5. The molecular formula is C11H13N3O5. The van der Waals surface area contributed by atoms with Gasteiger partial charge in [-0.25, -0.2) is 0 Å². The molecule has 0 unspecified atom stereocenters. The van der Waals surface area contributed by atoms with Crippen LogP contribution in [0.25, 0.3) is 0 Å². The molecule has 8 heteroatoms. The van der Waals surface area contributed by atoms with Gasteiger partial charge in [0.2, 0.25) is 5.91 Å². The van der Waals surface area contributed by atoms with Crippen molar-refractivity contribution in [1.29, 1.82) is 0 Å². The molecule has 0 aromatic heterocycles. The number of unbranched alkanes of at least 4 members (excludes halogenated alkanes) is 1. The summed E-state index contributed by atoms with van der Waals surface area (Å²) in [5.41, 5.74) is -0.908. The summed E-state index contributed by atoms with van der Waals surface area (Å²) in [7, 11) is 0. The minimum atomic E-state index is -0.761. The molecular weight excluding hydrogens is 254 g/mol. The van der Waals surface area contributed by atoms with Crippen LogP contribution in [0, 0.1) is 20.2 Å². The SMILES string of the molecule is CCCCC(=O)Nc1ccc([N+](=O)[O-])cc1[N+](=O)[O-]. The topological polar surface area (TPSA) is 115 Å². The van der Waals surface area contributed by atoms with E-state index in [-0.39, 0.29) is 18.0 Å². The zero-order chi connectivity index (χ0) is 14.4. The lowest BCUT2D eigenvalue weighted by molar-refractivity contribution is -0.393. The number of carbonyl (C=O) groups is 1. The first kappa shape index (κ1) is 14.6. The molecule has 1 N–H and O–H groups in total. The summed E-state index contributed by atoms with van der Waals surface area (Å²) >= 11 is 0. The van der Waals surface area contributed by atoms with Crippen LogP contribution >= 0.6 is 0 Å². The predicted octanol–water partition coefficient (Wildman–Crippen LogP) is 2.63. The first-order chi connectivity index (χ1) is 8.95. The van der Waals surface area contributed by atoms with E-state index in [2.05, 4.69) is 5.32 Å². The standard InChI is InChI=1S/C11H13N3O5/c1-2-3-4-11(15)12-9-6-5-8(13(16)17)7-10(9)14(18)19/h5-7H,2-4H2,1H3,(H,12,15). The highest BCUT2D eigenvalue weighted by atomic mass is 16.6. The lowest BCUT2D eigenvalue weighted by atomic mass is 10.2. The van der Waals surface area contributed by atoms with Gasteiger partial charge >= 0.3 is 0 Å². The van der Waals surface area contributed by atoms with Crippen LogP contribution in [-0.4, -0.2) is 15.8 Å². The van der Waals surface area contributed by atoms with Crippen LogP contribution in [0.15, 0.2) is 18.2 Å². The van der Waals surface area contributed by atoms with Crippen LogP contribution in [0.5, 0.6) is 0 Å². The molecule has 0 bridgehead atoms. The van der Waals surface area contributed by atoms with Gasteiger partial charge in [-0.3, -0.25) is 25.0 Å². The third kappa shape index (κ3) is 4.02. The van der Waals surface area contributed by atoms with Crippen molar-refractivity contribution in [2.75, 3.05) is 5.32 Å². The van der Waals surface area contributed by atoms with E-state index >= 15 is 0 Å². The van der Waals surface area contributed by atoms with Crippen molar-refractivity contribution >= 4 is 23.0 Å². The second-order valence-electron chi connectivity index (χ2n) is 3.87. The van der Waals surface area contributed by atoms with E-state index in [0.717, 1.165) is 18.6 Å². The molecule has 0 aliphatic heterocycles. The number of nitrogens with one attached hydrogen (secondary N) is 1. The number of nitro groups is 2.